The van der Waals surface area contributed by atoms with E-state index in [9.17, 15) is 4.79 Å². The highest BCUT2D eigenvalue weighted by molar-refractivity contribution is 6.32. The summed E-state index contributed by atoms with van der Waals surface area (Å²) in [5, 5.41) is 15.7. The van der Waals surface area contributed by atoms with Gasteiger partial charge in [0.05, 0.1) is 25.0 Å². The fourth-order valence-electron chi connectivity index (χ4n) is 1.28. The minimum atomic E-state index is -0.411. The predicted octanol–water partition coefficient (Wildman–Crippen LogP) is 0.0382. The Morgan fingerprint density at radius 3 is 3.00 bits per heavy atom. The molecule has 1 aromatic rings. The largest absolute Gasteiger partial charge is 0.394 e. The summed E-state index contributed by atoms with van der Waals surface area (Å²) in [6, 6.07) is 0.0870. The van der Waals surface area contributed by atoms with Crippen molar-refractivity contribution in [3.63, 3.8) is 0 Å². The molecule has 0 saturated carbocycles. The van der Waals surface area contributed by atoms with Gasteiger partial charge in [-0.25, -0.2) is 4.68 Å². The van der Waals surface area contributed by atoms with Crippen molar-refractivity contribution >= 4 is 17.3 Å². The molecule has 0 radical (unpaired) electrons. The normalized spacial score (nSPS) is 12.5. The molecular weight excluding hydrogens is 244 g/mol. The quantitative estimate of drug-likeness (QED) is 0.671. The van der Waals surface area contributed by atoms with Crippen molar-refractivity contribution in [2.24, 2.45) is 5.73 Å². The summed E-state index contributed by atoms with van der Waals surface area (Å²) < 4.78 is 1.12. The molecule has 0 aliphatic carbocycles. The smallest absolute Gasteiger partial charge is 0.287 e. The Morgan fingerprint density at radius 1 is 1.71 bits per heavy atom. The fourth-order valence-corrected chi connectivity index (χ4v) is 1.49. The lowest BCUT2D eigenvalue weighted by molar-refractivity contribution is 0.266. The molecule has 4 N–H and O–H groups in total. The van der Waals surface area contributed by atoms with E-state index in [1.54, 1.807) is 0 Å². The average Bonchev–Trinajstić information content (AvgIpc) is 2.28. The molecule has 1 unspecified atom stereocenters. The van der Waals surface area contributed by atoms with Crippen LogP contribution in [0.3, 0.4) is 0 Å². The van der Waals surface area contributed by atoms with Crippen LogP contribution in [0.15, 0.2) is 11.0 Å². The molecule has 7 heteroatoms. The topological polar surface area (TPSA) is 93.2 Å². The minimum absolute atomic E-state index is 0.0816. The molecule has 1 heterocycles. The molecule has 96 valence electrons. The lowest BCUT2D eigenvalue weighted by Crippen LogP contribution is -2.26. The van der Waals surface area contributed by atoms with E-state index in [-0.39, 0.29) is 24.2 Å². The van der Waals surface area contributed by atoms with Gasteiger partial charge in [0, 0.05) is 12.6 Å². The number of rotatable bonds is 6. The zero-order valence-electron chi connectivity index (χ0n) is 9.69. The molecular formula is C10H17ClN4O2. The van der Waals surface area contributed by atoms with Gasteiger partial charge in [0.2, 0.25) is 0 Å². The van der Waals surface area contributed by atoms with Gasteiger partial charge in [0.25, 0.3) is 5.56 Å². The summed E-state index contributed by atoms with van der Waals surface area (Å²) in [4.78, 5) is 11.7. The van der Waals surface area contributed by atoms with E-state index in [1.165, 1.54) is 6.20 Å². The number of nitrogens with one attached hydrogen (secondary N) is 1. The second kappa shape index (κ2) is 6.58. The van der Waals surface area contributed by atoms with Gasteiger partial charge in [-0.3, -0.25) is 4.79 Å². The summed E-state index contributed by atoms with van der Waals surface area (Å²) >= 11 is 5.90. The fraction of sp³-hybridized carbons (Fsp3) is 0.600. The van der Waals surface area contributed by atoms with E-state index >= 15 is 0 Å². The van der Waals surface area contributed by atoms with Crippen molar-refractivity contribution in [3.05, 3.63) is 21.6 Å². The van der Waals surface area contributed by atoms with Crippen LogP contribution < -0.4 is 16.6 Å². The SMILES string of the molecule is CC(N)CCNc1cnn(CCO)c(=O)c1Cl. The van der Waals surface area contributed by atoms with Crippen molar-refractivity contribution in [1.82, 2.24) is 9.78 Å². The molecule has 0 spiro atoms. The summed E-state index contributed by atoms with van der Waals surface area (Å²) in [5.41, 5.74) is 5.69. The van der Waals surface area contributed by atoms with Gasteiger partial charge >= 0.3 is 0 Å². The molecule has 17 heavy (non-hydrogen) atoms. The molecule has 0 aliphatic heterocycles. The van der Waals surface area contributed by atoms with Crippen LogP contribution in [0.4, 0.5) is 5.69 Å². The van der Waals surface area contributed by atoms with Crippen LogP contribution in [-0.4, -0.2) is 34.1 Å². The number of aromatic nitrogens is 2. The Bertz CT molecular complexity index is 419. The zero-order chi connectivity index (χ0) is 12.8. The first-order chi connectivity index (χ1) is 8.06. The molecule has 6 nitrogen and oxygen atoms in total. The van der Waals surface area contributed by atoms with Gasteiger partial charge in [-0.05, 0) is 13.3 Å². The first-order valence-corrected chi connectivity index (χ1v) is 5.80. The highest BCUT2D eigenvalue weighted by Gasteiger charge is 2.08. The number of hydrogen-bond donors (Lipinski definition) is 3. The minimum Gasteiger partial charge on any atom is -0.394 e. The third kappa shape index (κ3) is 3.99. The van der Waals surface area contributed by atoms with Crippen LogP contribution in [0.25, 0.3) is 0 Å². The molecule has 0 aliphatic rings. The maximum atomic E-state index is 11.7. The number of anilines is 1. The van der Waals surface area contributed by atoms with Gasteiger partial charge in [-0.2, -0.15) is 5.10 Å². The molecule has 0 bridgehead atoms. The monoisotopic (exact) mass is 260 g/mol. The third-order valence-electron chi connectivity index (χ3n) is 2.21. The van der Waals surface area contributed by atoms with Crippen molar-refractivity contribution in [2.45, 2.75) is 25.9 Å². The number of nitrogens with zero attached hydrogens (tertiary/aromatic N) is 2. The highest BCUT2D eigenvalue weighted by Crippen LogP contribution is 2.14. The van der Waals surface area contributed by atoms with E-state index in [0.29, 0.717) is 12.2 Å². The Morgan fingerprint density at radius 2 is 2.41 bits per heavy atom. The maximum Gasteiger partial charge on any atom is 0.287 e. The van der Waals surface area contributed by atoms with E-state index in [0.717, 1.165) is 11.1 Å². The second-order valence-corrected chi connectivity index (χ2v) is 4.19. The summed E-state index contributed by atoms with van der Waals surface area (Å²) in [6.45, 7) is 2.52. The zero-order valence-corrected chi connectivity index (χ0v) is 10.4. The van der Waals surface area contributed by atoms with Crippen molar-refractivity contribution in [1.29, 1.82) is 0 Å². The molecule has 0 amide bonds. The predicted molar refractivity (Wildman–Crippen MR) is 67.3 cm³/mol. The third-order valence-corrected chi connectivity index (χ3v) is 2.58. The first-order valence-electron chi connectivity index (χ1n) is 5.42. The summed E-state index contributed by atoms with van der Waals surface area (Å²) in [7, 11) is 0. The molecule has 1 rings (SSSR count). The first kappa shape index (κ1) is 14.0. The second-order valence-electron chi connectivity index (χ2n) is 3.82. The molecule has 0 aromatic carbocycles. The van der Waals surface area contributed by atoms with E-state index < -0.39 is 5.56 Å². The van der Waals surface area contributed by atoms with Crippen LogP contribution in [-0.2, 0) is 6.54 Å². The average molecular weight is 261 g/mol. The Labute approximate surface area is 104 Å². The van der Waals surface area contributed by atoms with Gasteiger partial charge in [0.15, 0.2) is 0 Å². The number of aliphatic hydroxyl groups is 1. The maximum absolute atomic E-state index is 11.7. The Balaban J connectivity index is 2.75. The Kier molecular flexibility index (Phi) is 5.40. The summed E-state index contributed by atoms with van der Waals surface area (Å²) in [6.07, 6.45) is 2.25. The van der Waals surface area contributed by atoms with Gasteiger partial charge < -0.3 is 16.2 Å². The van der Waals surface area contributed by atoms with Crippen LogP contribution in [0.5, 0.6) is 0 Å². The summed E-state index contributed by atoms with van der Waals surface area (Å²) in [5.74, 6) is 0. The van der Waals surface area contributed by atoms with Gasteiger partial charge in [-0.15, -0.1) is 0 Å². The molecule has 1 atom stereocenters. The van der Waals surface area contributed by atoms with E-state index in [2.05, 4.69) is 10.4 Å². The van der Waals surface area contributed by atoms with Crippen molar-refractivity contribution < 1.29 is 5.11 Å². The molecule has 1 aromatic heterocycles. The lowest BCUT2D eigenvalue weighted by Gasteiger charge is -2.10. The van der Waals surface area contributed by atoms with Crippen LogP contribution in [0.1, 0.15) is 13.3 Å². The van der Waals surface area contributed by atoms with Crippen LogP contribution >= 0.6 is 11.6 Å². The standard InChI is InChI=1S/C10H17ClN4O2/c1-7(12)2-3-13-8-6-14-15(4-5-16)10(17)9(8)11/h6-7,13,16H,2-5,12H2,1H3. The van der Waals surface area contributed by atoms with Crippen molar-refractivity contribution in [3.8, 4) is 0 Å². The molecule has 0 saturated heterocycles. The lowest BCUT2D eigenvalue weighted by atomic mass is 10.2. The molecule has 0 fully saturated rings. The van der Waals surface area contributed by atoms with Gasteiger partial charge in [0.1, 0.15) is 5.02 Å². The van der Waals surface area contributed by atoms with Gasteiger partial charge in [-0.1, -0.05) is 11.6 Å². The highest BCUT2D eigenvalue weighted by atomic mass is 35.5. The van der Waals surface area contributed by atoms with E-state index in [4.69, 9.17) is 22.4 Å². The van der Waals surface area contributed by atoms with E-state index in [1.807, 2.05) is 6.92 Å². The number of halogens is 1. The number of aliphatic hydroxyl groups excluding tert-OH is 1. The van der Waals surface area contributed by atoms with Crippen LogP contribution in [0, 0.1) is 0 Å². The number of nitrogens with two attached hydrogens (primary N) is 1. The van der Waals surface area contributed by atoms with Crippen LogP contribution in [0.2, 0.25) is 5.02 Å². The number of hydrogen-bond acceptors (Lipinski definition) is 5. The van der Waals surface area contributed by atoms with Crippen molar-refractivity contribution in [2.75, 3.05) is 18.5 Å². The Hall–Kier alpha value is -1.11.